The molecule has 0 amide bonds. The van der Waals surface area contributed by atoms with Gasteiger partial charge in [-0.2, -0.15) is 10.2 Å². The number of rotatable bonds is 5. The van der Waals surface area contributed by atoms with Crippen molar-refractivity contribution in [2.45, 2.75) is 18.9 Å². The zero-order valence-electron chi connectivity index (χ0n) is 10.2. The predicted molar refractivity (Wildman–Crippen MR) is 71.7 cm³/mol. The molecular formula is C13H15N3O3. The van der Waals surface area contributed by atoms with Crippen molar-refractivity contribution in [1.82, 2.24) is 5.43 Å². The highest BCUT2D eigenvalue weighted by molar-refractivity contribution is 5.73. The van der Waals surface area contributed by atoms with Crippen LogP contribution in [0.3, 0.4) is 0 Å². The highest BCUT2D eigenvalue weighted by Crippen LogP contribution is 2.16. The number of nitrogens with one attached hydrogen (secondary N) is 1. The number of nitrogens with zero attached hydrogens (tertiary/aromatic N) is 2. The second kappa shape index (κ2) is 6.01. The number of benzene rings is 1. The van der Waals surface area contributed by atoms with Crippen LogP contribution in [-0.2, 0) is 11.2 Å². The van der Waals surface area contributed by atoms with Gasteiger partial charge in [0.2, 0.25) is 0 Å². The molecule has 0 bridgehead atoms. The highest BCUT2D eigenvalue weighted by Gasteiger charge is 2.11. The van der Waals surface area contributed by atoms with Crippen LogP contribution in [0.25, 0.3) is 0 Å². The summed E-state index contributed by atoms with van der Waals surface area (Å²) in [5.41, 5.74) is 4.69. The number of anilines is 1. The van der Waals surface area contributed by atoms with Gasteiger partial charge in [0.1, 0.15) is 0 Å². The Morgan fingerprint density at radius 1 is 1.37 bits per heavy atom. The third kappa shape index (κ3) is 3.82. The summed E-state index contributed by atoms with van der Waals surface area (Å²) in [4.78, 5) is 10.5. The Labute approximate surface area is 110 Å². The summed E-state index contributed by atoms with van der Waals surface area (Å²) in [6, 6.07) is 7.39. The summed E-state index contributed by atoms with van der Waals surface area (Å²) < 4.78 is 0. The van der Waals surface area contributed by atoms with Crippen molar-refractivity contribution in [2.24, 2.45) is 5.10 Å². The van der Waals surface area contributed by atoms with Gasteiger partial charge in [-0.05, 0) is 30.2 Å². The number of hydrazine groups is 1. The number of aliphatic carboxylic acids is 1. The zero-order chi connectivity index (χ0) is 13.7. The molecule has 19 heavy (non-hydrogen) atoms. The van der Waals surface area contributed by atoms with Gasteiger partial charge in [0, 0.05) is 6.20 Å². The van der Waals surface area contributed by atoms with Crippen LogP contribution < -0.4 is 10.5 Å². The molecule has 1 aromatic rings. The van der Waals surface area contributed by atoms with Gasteiger partial charge in [-0.1, -0.05) is 12.1 Å². The van der Waals surface area contributed by atoms with Crippen LogP contribution in [0.15, 0.2) is 41.6 Å². The number of carbonyl (C=O) groups is 1. The van der Waals surface area contributed by atoms with Gasteiger partial charge in [0.05, 0.1) is 24.4 Å². The Balaban J connectivity index is 1.96. The Hall–Kier alpha value is -2.34. The molecule has 100 valence electrons. The number of carboxylic acids is 1. The van der Waals surface area contributed by atoms with Crippen molar-refractivity contribution < 1.29 is 15.0 Å². The monoisotopic (exact) mass is 261 g/mol. The van der Waals surface area contributed by atoms with Crippen LogP contribution in [0.1, 0.15) is 12.0 Å². The van der Waals surface area contributed by atoms with E-state index in [4.69, 9.17) is 5.11 Å². The molecule has 1 aliphatic rings. The van der Waals surface area contributed by atoms with E-state index >= 15 is 0 Å². The Kier molecular flexibility index (Phi) is 4.15. The SMILES string of the molecule is O=C(O)CC(O)Cc1ccc(N2N=CC=CN2)cc1. The average molecular weight is 261 g/mol. The number of hydrogen-bond acceptors (Lipinski definition) is 5. The highest BCUT2D eigenvalue weighted by atomic mass is 16.4. The third-order valence-electron chi connectivity index (χ3n) is 2.62. The maximum Gasteiger partial charge on any atom is 0.305 e. The van der Waals surface area contributed by atoms with E-state index in [0.29, 0.717) is 6.42 Å². The van der Waals surface area contributed by atoms with Gasteiger partial charge in [0.25, 0.3) is 0 Å². The molecule has 0 aliphatic carbocycles. The molecule has 0 fully saturated rings. The maximum atomic E-state index is 10.5. The minimum Gasteiger partial charge on any atom is -0.481 e. The van der Waals surface area contributed by atoms with Crippen molar-refractivity contribution in [3.8, 4) is 0 Å². The first-order chi connectivity index (χ1) is 9.15. The lowest BCUT2D eigenvalue weighted by atomic mass is 10.1. The van der Waals surface area contributed by atoms with E-state index in [1.54, 1.807) is 23.6 Å². The lowest BCUT2D eigenvalue weighted by Crippen LogP contribution is -2.30. The summed E-state index contributed by atoms with van der Waals surface area (Å²) in [5, 5.41) is 23.9. The number of aliphatic hydroxyl groups is 1. The second-order valence-electron chi connectivity index (χ2n) is 4.19. The first-order valence-corrected chi connectivity index (χ1v) is 5.89. The standard InChI is InChI=1S/C13H15N3O3/c17-12(9-13(18)19)8-10-2-4-11(5-3-10)16-14-6-1-7-15-16/h1-7,12,14,17H,8-9H2,(H,18,19). The third-order valence-corrected chi connectivity index (χ3v) is 2.62. The Morgan fingerprint density at radius 3 is 2.68 bits per heavy atom. The fourth-order valence-corrected chi connectivity index (χ4v) is 1.76. The van der Waals surface area contributed by atoms with Crippen LogP contribution in [-0.4, -0.2) is 28.5 Å². The summed E-state index contributed by atoms with van der Waals surface area (Å²) in [5.74, 6) is -0.997. The molecule has 0 saturated heterocycles. The molecule has 0 aromatic heterocycles. The van der Waals surface area contributed by atoms with E-state index in [1.165, 1.54) is 0 Å². The van der Waals surface area contributed by atoms with E-state index in [2.05, 4.69) is 10.5 Å². The van der Waals surface area contributed by atoms with Crippen molar-refractivity contribution in [2.75, 3.05) is 5.12 Å². The van der Waals surface area contributed by atoms with Gasteiger partial charge >= 0.3 is 5.97 Å². The molecular weight excluding hydrogens is 246 g/mol. The molecule has 2 rings (SSSR count). The number of hydrogen-bond donors (Lipinski definition) is 3. The molecule has 1 aromatic carbocycles. The molecule has 1 aliphatic heterocycles. The fourth-order valence-electron chi connectivity index (χ4n) is 1.76. The predicted octanol–water partition coefficient (Wildman–Crippen LogP) is 0.889. The van der Waals surface area contributed by atoms with Crippen LogP contribution in [0.5, 0.6) is 0 Å². The maximum absolute atomic E-state index is 10.5. The normalized spacial score (nSPS) is 15.1. The molecule has 1 unspecified atom stereocenters. The van der Waals surface area contributed by atoms with Crippen LogP contribution in [0.2, 0.25) is 0 Å². The number of aliphatic hydroxyl groups excluding tert-OH is 1. The van der Waals surface area contributed by atoms with Crippen molar-refractivity contribution >= 4 is 17.9 Å². The zero-order valence-corrected chi connectivity index (χ0v) is 10.2. The summed E-state index contributed by atoms with van der Waals surface area (Å²) >= 11 is 0. The number of carboxylic acid groups (broad SMARTS) is 1. The minimum absolute atomic E-state index is 0.246. The lowest BCUT2D eigenvalue weighted by Gasteiger charge is -2.20. The first-order valence-electron chi connectivity index (χ1n) is 5.89. The smallest absolute Gasteiger partial charge is 0.305 e. The molecule has 6 heteroatoms. The van der Waals surface area contributed by atoms with Crippen LogP contribution in [0.4, 0.5) is 5.69 Å². The summed E-state index contributed by atoms with van der Waals surface area (Å²) in [6.07, 6.45) is 4.43. The lowest BCUT2D eigenvalue weighted by molar-refractivity contribution is -0.139. The Morgan fingerprint density at radius 2 is 2.11 bits per heavy atom. The van der Waals surface area contributed by atoms with Crippen molar-refractivity contribution in [3.63, 3.8) is 0 Å². The van der Waals surface area contributed by atoms with Crippen LogP contribution >= 0.6 is 0 Å². The number of hydrazone groups is 1. The molecule has 1 atom stereocenters. The number of allylic oxidation sites excluding steroid dienone is 1. The average Bonchev–Trinajstić information content (AvgIpc) is 2.39. The largest absolute Gasteiger partial charge is 0.481 e. The van der Waals surface area contributed by atoms with E-state index in [9.17, 15) is 9.90 Å². The quantitative estimate of drug-likeness (QED) is 0.733. The second-order valence-corrected chi connectivity index (χ2v) is 4.19. The van der Waals surface area contributed by atoms with E-state index < -0.39 is 12.1 Å². The molecule has 0 saturated carbocycles. The Bertz CT molecular complexity index is 496. The van der Waals surface area contributed by atoms with Gasteiger partial charge in [-0.3, -0.25) is 10.2 Å². The summed E-state index contributed by atoms with van der Waals surface area (Å²) in [7, 11) is 0. The first kappa shape index (κ1) is 13.1. The molecule has 1 heterocycles. The van der Waals surface area contributed by atoms with Crippen LogP contribution in [0, 0.1) is 0 Å². The minimum atomic E-state index is -0.997. The molecule has 0 spiro atoms. The van der Waals surface area contributed by atoms with Gasteiger partial charge in [-0.25, -0.2) is 0 Å². The topological polar surface area (TPSA) is 85.2 Å². The van der Waals surface area contributed by atoms with E-state index in [0.717, 1.165) is 11.3 Å². The molecule has 0 radical (unpaired) electrons. The van der Waals surface area contributed by atoms with E-state index in [-0.39, 0.29) is 6.42 Å². The van der Waals surface area contributed by atoms with E-state index in [1.807, 2.05) is 24.3 Å². The summed E-state index contributed by atoms with van der Waals surface area (Å²) in [6.45, 7) is 0. The molecule has 3 N–H and O–H groups in total. The van der Waals surface area contributed by atoms with Gasteiger partial charge in [-0.15, -0.1) is 0 Å². The van der Waals surface area contributed by atoms with Crippen molar-refractivity contribution in [1.29, 1.82) is 0 Å². The fraction of sp³-hybridized carbons (Fsp3) is 0.231. The van der Waals surface area contributed by atoms with Gasteiger partial charge < -0.3 is 10.2 Å². The van der Waals surface area contributed by atoms with Crippen molar-refractivity contribution in [3.05, 3.63) is 42.1 Å². The van der Waals surface area contributed by atoms with Gasteiger partial charge in [0.15, 0.2) is 0 Å². The molecule has 6 nitrogen and oxygen atoms in total.